The van der Waals surface area contributed by atoms with E-state index in [1.54, 1.807) is 7.05 Å². The Bertz CT molecular complexity index is 615. The van der Waals surface area contributed by atoms with Crippen molar-refractivity contribution in [2.75, 3.05) is 4.90 Å². The van der Waals surface area contributed by atoms with E-state index in [0.29, 0.717) is 18.7 Å². The van der Waals surface area contributed by atoms with Gasteiger partial charge in [-0.3, -0.25) is 14.3 Å². The Hall–Kier alpha value is -2.16. The third-order valence-electron chi connectivity index (χ3n) is 4.71. The van der Waals surface area contributed by atoms with Crippen LogP contribution in [0.3, 0.4) is 0 Å². The third-order valence-corrected chi connectivity index (χ3v) is 4.71. The van der Waals surface area contributed by atoms with Gasteiger partial charge in [0.1, 0.15) is 11.6 Å². The normalized spacial score (nSPS) is 21.6. The first kappa shape index (κ1) is 13.8. The minimum atomic E-state index is -0.201. The van der Waals surface area contributed by atoms with Crippen LogP contribution in [0.4, 0.5) is 5.82 Å². The molecule has 0 bridgehead atoms. The molecule has 0 radical (unpaired) electrons. The number of nitriles is 1. The molecule has 110 valence electrons. The van der Waals surface area contributed by atoms with Crippen LogP contribution in [0.2, 0.25) is 0 Å². The number of anilines is 1. The van der Waals surface area contributed by atoms with Gasteiger partial charge in [-0.2, -0.15) is 10.4 Å². The lowest BCUT2D eigenvalue weighted by Crippen LogP contribution is -2.49. The molecule has 1 saturated heterocycles. The van der Waals surface area contributed by atoms with Gasteiger partial charge in [-0.25, -0.2) is 4.90 Å². The zero-order valence-corrected chi connectivity index (χ0v) is 12.1. The number of carbonyl (C=O) groups excluding carboxylic acids is 2. The van der Waals surface area contributed by atoms with E-state index in [2.05, 4.69) is 5.10 Å². The second-order valence-electron chi connectivity index (χ2n) is 6.15. The zero-order valence-electron chi connectivity index (χ0n) is 12.1. The topological polar surface area (TPSA) is 79.0 Å². The van der Waals surface area contributed by atoms with Crippen LogP contribution in [0.15, 0.2) is 6.20 Å². The van der Waals surface area contributed by atoms with E-state index in [0.717, 1.165) is 30.6 Å². The molecule has 2 amide bonds. The SMILES string of the molecule is Cn1ncc(C#N)c1N1C(=O)CC2(CCCCC2)CC1=O. The summed E-state index contributed by atoms with van der Waals surface area (Å²) in [5.74, 6) is -0.0975. The van der Waals surface area contributed by atoms with Crippen LogP contribution in [0.5, 0.6) is 0 Å². The van der Waals surface area contributed by atoms with Crippen LogP contribution in [0, 0.1) is 16.7 Å². The molecule has 0 unspecified atom stereocenters. The predicted octanol–water partition coefficient (Wildman–Crippen LogP) is 1.90. The first-order chi connectivity index (χ1) is 10.1. The molecule has 2 fully saturated rings. The molecule has 21 heavy (non-hydrogen) atoms. The van der Waals surface area contributed by atoms with Crippen molar-refractivity contribution in [1.82, 2.24) is 9.78 Å². The Morgan fingerprint density at radius 1 is 1.19 bits per heavy atom. The number of rotatable bonds is 1. The largest absolute Gasteiger partial charge is 0.274 e. The van der Waals surface area contributed by atoms with Crippen molar-refractivity contribution in [3.63, 3.8) is 0 Å². The Morgan fingerprint density at radius 3 is 2.38 bits per heavy atom. The van der Waals surface area contributed by atoms with Crippen molar-refractivity contribution < 1.29 is 9.59 Å². The van der Waals surface area contributed by atoms with E-state index in [-0.39, 0.29) is 22.8 Å². The molecule has 0 N–H and O–H groups in total. The second-order valence-corrected chi connectivity index (χ2v) is 6.15. The standard InChI is InChI=1S/C15H18N4O2/c1-18-14(11(9-16)10-17-18)19-12(20)7-15(8-13(19)21)5-3-2-4-6-15/h10H,2-8H2,1H3. The van der Waals surface area contributed by atoms with Crippen LogP contribution in [-0.4, -0.2) is 21.6 Å². The first-order valence-corrected chi connectivity index (χ1v) is 7.34. The van der Waals surface area contributed by atoms with E-state index in [9.17, 15) is 9.59 Å². The number of piperidine rings is 1. The Morgan fingerprint density at radius 2 is 1.81 bits per heavy atom. The lowest BCUT2D eigenvalue weighted by Gasteiger charge is -2.42. The molecule has 1 aromatic rings. The molecule has 6 heteroatoms. The molecule has 1 spiro atoms. The van der Waals surface area contributed by atoms with Gasteiger partial charge in [-0.05, 0) is 18.3 Å². The average Bonchev–Trinajstić information content (AvgIpc) is 2.80. The van der Waals surface area contributed by atoms with Crippen LogP contribution in [0.1, 0.15) is 50.5 Å². The number of imide groups is 1. The summed E-state index contributed by atoms with van der Waals surface area (Å²) in [5.41, 5.74) is 0.118. The van der Waals surface area contributed by atoms with Gasteiger partial charge >= 0.3 is 0 Å². The Balaban J connectivity index is 1.93. The van der Waals surface area contributed by atoms with Crippen LogP contribution in [-0.2, 0) is 16.6 Å². The fourth-order valence-corrected chi connectivity index (χ4v) is 3.67. The highest BCUT2D eigenvalue weighted by Gasteiger charge is 2.45. The summed E-state index contributed by atoms with van der Waals surface area (Å²) in [4.78, 5) is 26.3. The van der Waals surface area contributed by atoms with Crippen LogP contribution < -0.4 is 4.90 Å². The fraction of sp³-hybridized carbons (Fsp3) is 0.600. The number of hydrogen-bond acceptors (Lipinski definition) is 4. The molecule has 0 atom stereocenters. The quantitative estimate of drug-likeness (QED) is 0.738. The summed E-state index contributed by atoms with van der Waals surface area (Å²) < 4.78 is 1.42. The van der Waals surface area contributed by atoms with E-state index < -0.39 is 0 Å². The van der Waals surface area contributed by atoms with Gasteiger partial charge in [0.05, 0.1) is 6.20 Å². The molecule has 1 aliphatic heterocycles. The van der Waals surface area contributed by atoms with Crippen molar-refractivity contribution >= 4 is 17.6 Å². The van der Waals surface area contributed by atoms with Crippen molar-refractivity contribution in [1.29, 1.82) is 5.26 Å². The van der Waals surface area contributed by atoms with E-state index in [4.69, 9.17) is 5.26 Å². The average molecular weight is 286 g/mol. The Labute approximate surface area is 123 Å². The first-order valence-electron chi connectivity index (χ1n) is 7.34. The van der Waals surface area contributed by atoms with E-state index in [1.165, 1.54) is 17.3 Å². The Kier molecular flexibility index (Phi) is 3.28. The smallest absolute Gasteiger partial charge is 0.235 e. The number of aromatic nitrogens is 2. The summed E-state index contributed by atoms with van der Waals surface area (Å²) in [7, 11) is 1.64. The number of hydrogen-bond donors (Lipinski definition) is 0. The molecule has 1 aromatic heterocycles. The van der Waals surface area contributed by atoms with Gasteiger partial charge in [-0.1, -0.05) is 19.3 Å². The number of aryl methyl sites for hydroxylation is 1. The van der Waals surface area contributed by atoms with Gasteiger partial charge in [0, 0.05) is 19.9 Å². The maximum absolute atomic E-state index is 12.6. The van der Waals surface area contributed by atoms with E-state index in [1.807, 2.05) is 6.07 Å². The molecule has 2 aliphatic rings. The fourth-order valence-electron chi connectivity index (χ4n) is 3.67. The lowest BCUT2D eigenvalue weighted by atomic mass is 9.67. The lowest BCUT2D eigenvalue weighted by molar-refractivity contribution is -0.134. The summed E-state index contributed by atoms with van der Waals surface area (Å²) in [6.07, 6.45) is 7.47. The van der Waals surface area contributed by atoms with E-state index >= 15 is 0 Å². The third kappa shape index (κ3) is 2.23. The molecule has 2 heterocycles. The number of amides is 2. The zero-order chi connectivity index (χ0) is 15.0. The van der Waals surface area contributed by atoms with Crippen LogP contribution >= 0.6 is 0 Å². The summed E-state index contributed by atoms with van der Waals surface area (Å²) in [6.45, 7) is 0. The van der Waals surface area contributed by atoms with Gasteiger partial charge < -0.3 is 0 Å². The predicted molar refractivity (Wildman–Crippen MR) is 75.2 cm³/mol. The highest BCUT2D eigenvalue weighted by molar-refractivity contribution is 6.17. The molecule has 1 aliphatic carbocycles. The second kappa shape index (κ2) is 4.99. The number of nitrogens with zero attached hydrogens (tertiary/aromatic N) is 4. The van der Waals surface area contributed by atoms with Crippen molar-refractivity contribution in [3.8, 4) is 6.07 Å². The summed E-state index contributed by atoms with van der Waals surface area (Å²) >= 11 is 0. The summed E-state index contributed by atoms with van der Waals surface area (Å²) in [5, 5.41) is 13.1. The van der Waals surface area contributed by atoms with Crippen molar-refractivity contribution in [2.24, 2.45) is 12.5 Å². The van der Waals surface area contributed by atoms with Crippen molar-refractivity contribution in [3.05, 3.63) is 11.8 Å². The van der Waals surface area contributed by atoms with Crippen molar-refractivity contribution in [2.45, 2.75) is 44.9 Å². The molecule has 6 nitrogen and oxygen atoms in total. The minimum absolute atomic E-state index is 0.145. The highest BCUT2D eigenvalue weighted by Crippen LogP contribution is 2.46. The van der Waals surface area contributed by atoms with Gasteiger partial charge in [0.2, 0.25) is 11.8 Å². The summed E-state index contributed by atoms with van der Waals surface area (Å²) in [6, 6.07) is 2.00. The molecule has 0 aromatic carbocycles. The molecular formula is C15H18N4O2. The monoisotopic (exact) mass is 286 g/mol. The van der Waals surface area contributed by atoms with Gasteiger partial charge in [-0.15, -0.1) is 0 Å². The molecular weight excluding hydrogens is 268 g/mol. The highest BCUT2D eigenvalue weighted by atomic mass is 16.2. The molecule has 1 saturated carbocycles. The van der Waals surface area contributed by atoms with Crippen LogP contribution in [0.25, 0.3) is 0 Å². The minimum Gasteiger partial charge on any atom is -0.274 e. The maximum Gasteiger partial charge on any atom is 0.235 e. The van der Waals surface area contributed by atoms with Gasteiger partial charge in [0.25, 0.3) is 0 Å². The maximum atomic E-state index is 12.6. The number of carbonyl (C=O) groups is 2. The molecule has 3 rings (SSSR count). The van der Waals surface area contributed by atoms with Gasteiger partial charge in [0.15, 0.2) is 5.82 Å².